The van der Waals surface area contributed by atoms with Gasteiger partial charge in [0.25, 0.3) is 0 Å². The fraction of sp³-hybridized carbons (Fsp3) is 0.500. The van der Waals surface area contributed by atoms with Gasteiger partial charge in [-0.3, -0.25) is 0 Å². The minimum absolute atomic E-state index is 0.0798. The van der Waals surface area contributed by atoms with Gasteiger partial charge in [-0.05, 0) is 36.1 Å². The average molecular weight is 472 g/mol. The minimum atomic E-state index is -1.03. The van der Waals surface area contributed by atoms with Gasteiger partial charge < -0.3 is 19.0 Å². The Labute approximate surface area is 199 Å². The van der Waals surface area contributed by atoms with Gasteiger partial charge in [0.05, 0.1) is 12.3 Å². The molecule has 1 aliphatic rings. The number of piperidine rings is 1. The van der Waals surface area contributed by atoms with E-state index in [1.54, 1.807) is 18.0 Å². The van der Waals surface area contributed by atoms with Crippen molar-refractivity contribution in [1.82, 2.24) is 4.90 Å². The van der Waals surface area contributed by atoms with Crippen LogP contribution in [-0.2, 0) is 22.4 Å². The van der Waals surface area contributed by atoms with Gasteiger partial charge in [0.15, 0.2) is 5.82 Å². The van der Waals surface area contributed by atoms with Crippen molar-refractivity contribution in [2.45, 2.75) is 64.5 Å². The van der Waals surface area contributed by atoms with Crippen LogP contribution in [-0.4, -0.2) is 46.2 Å². The van der Waals surface area contributed by atoms with Crippen LogP contribution >= 0.6 is 0 Å². The first kappa shape index (κ1) is 25.2. The molecule has 0 unspecified atom stereocenters. The summed E-state index contributed by atoms with van der Waals surface area (Å²) in [7, 11) is 0.750. The fourth-order valence-corrected chi connectivity index (χ4v) is 4.59. The molecule has 33 heavy (non-hydrogen) atoms. The molecule has 1 heterocycles. The van der Waals surface area contributed by atoms with Crippen LogP contribution in [0.3, 0.4) is 0 Å². The van der Waals surface area contributed by atoms with Crippen molar-refractivity contribution < 1.29 is 18.3 Å². The lowest BCUT2D eigenvalue weighted by molar-refractivity contribution is 0.0862. The molecular weight excluding hydrogens is 435 g/mol. The van der Waals surface area contributed by atoms with Crippen LogP contribution in [0.1, 0.15) is 44.7 Å². The van der Waals surface area contributed by atoms with E-state index in [0.29, 0.717) is 30.9 Å². The van der Waals surface area contributed by atoms with E-state index in [2.05, 4.69) is 32.2 Å². The lowest BCUT2D eigenvalue weighted by Crippen LogP contribution is -2.46. The maximum Gasteiger partial charge on any atom is 0.410 e. The van der Waals surface area contributed by atoms with E-state index in [1.165, 1.54) is 0 Å². The van der Waals surface area contributed by atoms with Gasteiger partial charge in [0.2, 0.25) is 9.04 Å². The lowest BCUT2D eigenvalue weighted by Gasteiger charge is -2.37. The van der Waals surface area contributed by atoms with Gasteiger partial charge in [-0.2, -0.15) is 0 Å². The summed E-state index contributed by atoms with van der Waals surface area (Å²) < 4.78 is 26.7. The Kier molecular flexibility index (Phi) is 8.54. The minimum Gasteiger partial charge on any atom is -0.445 e. The van der Waals surface area contributed by atoms with E-state index in [0.717, 1.165) is 18.4 Å². The Morgan fingerprint density at radius 2 is 1.76 bits per heavy atom. The summed E-state index contributed by atoms with van der Waals surface area (Å²) in [6.45, 7) is 10.5. The molecule has 0 saturated carbocycles. The largest absolute Gasteiger partial charge is 0.445 e. The summed E-state index contributed by atoms with van der Waals surface area (Å²) in [5.74, 6) is -0.199. The van der Waals surface area contributed by atoms with Crippen LogP contribution in [0.2, 0.25) is 11.6 Å². The topological polar surface area (TPSA) is 42.0 Å². The van der Waals surface area contributed by atoms with Crippen molar-refractivity contribution >= 4 is 20.8 Å². The highest BCUT2D eigenvalue weighted by molar-refractivity contribution is 6.53. The number of hydrogen-bond donors (Lipinski definition) is 0. The van der Waals surface area contributed by atoms with Crippen LogP contribution in [0.5, 0.6) is 0 Å². The zero-order valence-corrected chi connectivity index (χ0v) is 21.4. The van der Waals surface area contributed by atoms with Crippen LogP contribution in [0.25, 0.3) is 0 Å². The SMILES string of the molecule is CN(C(=O)OCc1ccccc1)C1CCN(c2cccc(CO[Si](C)C(C)(C)C)c2F)CC1. The highest BCUT2D eigenvalue weighted by Crippen LogP contribution is 2.30. The Morgan fingerprint density at radius 1 is 1.09 bits per heavy atom. The van der Waals surface area contributed by atoms with Crippen molar-refractivity contribution in [3.8, 4) is 0 Å². The molecule has 1 saturated heterocycles. The van der Waals surface area contributed by atoms with Crippen molar-refractivity contribution in [2.75, 3.05) is 25.0 Å². The highest BCUT2D eigenvalue weighted by atomic mass is 28.3. The first-order valence-corrected chi connectivity index (χ1v) is 13.5. The van der Waals surface area contributed by atoms with E-state index in [-0.39, 0.29) is 29.6 Å². The summed E-state index contributed by atoms with van der Waals surface area (Å²) in [6.07, 6.45) is 1.21. The molecule has 1 radical (unpaired) electrons. The number of nitrogens with zero attached hydrogens (tertiary/aromatic N) is 2. The molecule has 3 rings (SSSR count). The molecule has 2 aromatic carbocycles. The van der Waals surface area contributed by atoms with Gasteiger partial charge >= 0.3 is 6.09 Å². The highest BCUT2D eigenvalue weighted by Gasteiger charge is 2.28. The van der Waals surface area contributed by atoms with E-state index in [1.807, 2.05) is 42.5 Å². The predicted octanol–water partition coefficient (Wildman–Crippen LogP) is 6.00. The fourth-order valence-electron chi connectivity index (χ4n) is 3.79. The second-order valence-electron chi connectivity index (χ2n) is 9.71. The molecule has 1 fully saturated rings. The molecular formula is C26H36FN2O3Si. The van der Waals surface area contributed by atoms with E-state index in [9.17, 15) is 4.79 Å². The smallest absolute Gasteiger partial charge is 0.410 e. The molecule has 1 amide bonds. The van der Waals surface area contributed by atoms with Crippen molar-refractivity contribution in [2.24, 2.45) is 0 Å². The second-order valence-corrected chi connectivity index (χ2v) is 12.6. The van der Waals surface area contributed by atoms with Crippen molar-refractivity contribution in [3.63, 3.8) is 0 Å². The molecule has 0 N–H and O–H groups in total. The van der Waals surface area contributed by atoms with Crippen molar-refractivity contribution in [3.05, 3.63) is 65.5 Å². The third-order valence-corrected chi connectivity index (χ3v) is 9.09. The summed E-state index contributed by atoms with van der Waals surface area (Å²) in [5.41, 5.74) is 2.18. The van der Waals surface area contributed by atoms with Crippen LogP contribution < -0.4 is 4.90 Å². The normalized spacial score (nSPS) is 15.1. The monoisotopic (exact) mass is 471 g/mol. The van der Waals surface area contributed by atoms with Crippen LogP contribution in [0.15, 0.2) is 48.5 Å². The Bertz CT molecular complexity index is 911. The molecule has 0 spiro atoms. The summed E-state index contributed by atoms with van der Waals surface area (Å²) >= 11 is 0. The summed E-state index contributed by atoms with van der Waals surface area (Å²) in [4.78, 5) is 16.2. The average Bonchev–Trinajstić information content (AvgIpc) is 2.81. The zero-order valence-electron chi connectivity index (χ0n) is 20.4. The molecule has 179 valence electrons. The summed E-state index contributed by atoms with van der Waals surface area (Å²) in [6, 6.07) is 15.3. The van der Waals surface area contributed by atoms with E-state index < -0.39 is 9.04 Å². The molecule has 1 aliphatic heterocycles. The second kappa shape index (κ2) is 11.2. The number of benzene rings is 2. The van der Waals surface area contributed by atoms with Gasteiger partial charge in [-0.1, -0.05) is 63.2 Å². The number of amides is 1. The summed E-state index contributed by atoms with van der Waals surface area (Å²) in [5, 5.41) is 0.106. The molecule has 0 atom stereocenters. The zero-order chi connectivity index (χ0) is 24.0. The molecule has 7 heteroatoms. The number of rotatable bonds is 7. The maximum atomic E-state index is 15.3. The van der Waals surface area contributed by atoms with Gasteiger partial charge in [0, 0.05) is 31.7 Å². The number of carbonyl (C=O) groups is 1. The molecule has 0 bridgehead atoms. The van der Waals surface area contributed by atoms with Gasteiger partial charge in [0.1, 0.15) is 6.61 Å². The number of ether oxygens (including phenoxy) is 1. The third kappa shape index (κ3) is 6.80. The maximum absolute atomic E-state index is 15.3. The molecule has 0 aromatic heterocycles. The standard InChI is InChI=1S/C26H36FN2O3Si/c1-26(2,3)33(5)32-19-21-12-9-13-23(24(21)27)29-16-14-22(15-17-29)28(4)25(30)31-18-20-10-7-6-8-11-20/h6-13,22H,14-19H2,1-5H3. The lowest BCUT2D eigenvalue weighted by atomic mass is 10.0. The van der Waals surface area contributed by atoms with Crippen molar-refractivity contribution in [1.29, 1.82) is 0 Å². The number of halogens is 1. The Balaban J connectivity index is 1.53. The number of carbonyl (C=O) groups excluding carboxylic acids is 1. The van der Waals surface area contributed by atoms with Crippen LogP contribution in [0.4, 0.5) is 14.9 Å². The van der Waals surface area contributed by atoms with Gasteiger partial charge in [-0.15, -0.1) is 0 Å². The third-order valence-electron chi connectivity index (χ3n) is 6.40. The van der Waals surface area contributed by atoms with Gasteiger partial charge in [-0.25, -0.2) is 9.18 Å². The molecule has 5 nitrogen and oxygen atoms in total. The Hall–Kier alpha value is -2.38. The van der Waals surface area contributed by atoms with E-state index in [4.69, 9.17) is 9.16 Å². The Morgan fingerprint density at radius 3 is 2.39 bits per heavy atom. The van der Waals surface area contributed by atoms with Crippen LogP contribution in [0, 0.1) is 5.82 Å². The number of anilines is 1. The first-order valence-electron chi connectivity index (χ1n) is 11.6. The molecule has 0 aliphatic carbocycles. The molecule has 2 aromatic rings. The number of hydrogen-bond acceptors (Lipinski definition) is 4. The predicted molar refractivity (Wildman–Crippen MR) is 132 cm³/mol. The first-order chi connectivity index (χ1) is 15.7. The quantitative estimate of drug-likeness (QED) is 0.465. The van der Waals surface area contributed by atoms with E-state index >= 15 is 4.39 Å².